The van der Waals surface area contributed by atoms with Gasteiger partial charge in [-0.3, -0.25) is 14.0 Å². The third-order valence-corrected chi connectivity index (χ3v) is 5.81. The van der Waals surface area contributed by atoms with Crippen LogP contribution in [0.3, 0.4) is 0 Å². The molecule has 1 N–H and O–H groups in total. The van der Waals surface area contributed by atoms with Gasteiger partial charge in [-0.25, -0.2) is 4.57 Å². The molecule has 0 saturated carbocycles. The van der Waals surface area contributed by atoms with Gasteiger partial charge < -0.3 is 5.32 Å². The van der Waals surface area contributed by atoms with Gasteiger partial charge in [0.15, 0.2) is 5.16 Å². The molecule has 1 atom stereocenters. The summed E-state index contributed by atoms with van der Waals surface area (Å²) >= 11 is 1.32. The van der Waals surface area contributed by atoms with Crippen molar-refractivity contribution in [2.45, 2.75) is 44.1 Å². The van der Waals surface area contributed by atoms with Gasteiger partial charge in [0.2, 0.25) is 11.7 Å². The third-order valence-electron chi connectivity index (χ3n) is 4.77. The van der Waals surface area contributed by atoms with E-state index >= 15 is 0 Å². The van der Waals surface area contributed by atoms with E-state index < -0.39 is 0 Å². The van der Waals surface area contributed by atoms with Crippen LogP contribution in [0, 0.1) is 6.92 Å². The normalized spacial score (nSPS) is 12.6. The van der Waals surface area contributed by atoms with Gasteiger partial charge in [0.1, 0.15) is 0 Å². The minimum Gasteiger partial charge on any atom is -0.353 e. The van der Waals surface area contributed by atoms with Crippen LogP contribution in [0.5, 0.6) is 0 Å². The maximum absolute atomic E-state index is 13.3. The molecule has 4 aromatic rings. The van der Waals surface area contributed by atoms with Crippen molar-refractivity contribution in [1.29, 1.82) is 0 Å². The van der Waals surface area contributed by atoms with Crippen LogP contribution in [-0.4, -0.2) is 36.4 Å². The largest absolute Gasteiger partial charge is 0.353 e. The van der Waals surface area contributed by atoms with Crippen LogP contribution >= 0.6 is 11.8 Å². The van der Waals surface area contributed by atoms with Crippen molar-refractivity contribution >= 4 is 34.3 Å². The second kappa shape index (κ2) is 7.95. The predicted octanol–water partition coefficient (Wildman–Crippen LogP) is 3.35. The number of nitrogens with one attached hydrogen (secondary N) is 1. The van der Waals surface area contributed by atoms with E-state index in [9.17, 15) is 9.59 Å². The molecule has 0 bridgehead atoms. The Labute approximate surface area is 178 Å². The van der Waals surface area contributed by atoms with Crippen molar-refractivity contribution in [1.82, 2.24) is 24.5 Å². The van der Waals surface area contributed by atoms with Crippen molar-refractivity contribution in [3.63, 3.8) is 0 Å². The highest BCUT2D eigenvalue weighted by Gasteiger charge is 2.22. The van der Waals surface area contributed by atoms with Gasteiger partial charge >= 0.3 is 0 Å². The van der Waals surface area contributed by atoms with Crippen molar-refractivity contribution in [2.24, 2.45) is 0 Å². The Hall–Kier alpha value is -3.13. The van der Waals surface area contributed by atoms with Crippen LogP contribution in [-0.2, 0) is 4.79 Å². The van der Waals surface area contributed by atoms with Gasteiger partial charge in [0, 0.05) is 6.04 Å². The zero-order chi connectivity index (χ0) is 21.4. The summed E-state index contributed by atoms with van der Waals surface area (Å²) in [5.74, 6) is 0.351. The molecular formula is C22H23N5O2S. The highest BCUT2D eigenvalue weighted by atomic mass is 32.2. The van der Waals surface area contributed by atoms with E-state index in [0.29, 0.717) is 21.8 Å². The lowest BCUT2D eigenvalue weighted by atomic mass is 10.2. The van der Waals surface area contributed by atoms with Crippen LogP contribution in [0.25, 0.3) is 22.4 Å². The lowest BCUT2D eigenvalue weighted by Gasteiger charge is -2.14. The molecule has 2 aromatic carbocycles. The first-order valence-corrected chi connectivity index (χ1v) is 10.7. The monoisotopic (exact) mass is 421 g/mol. The average Bonchev–Trinajstić information content (AvgIpc) is 3.12. The van der Waals surface area contributed by atoms with Crippen LogP contribution < -0.4 is 10.9 Å². The lowest BCUT2D eigenvalue weighted by Crippen LogP contribution is -2.36. The number of aromatic nitrogens is 4. The fraction of sp³-hybridized carbons (Fsp3) is 0.273. The zero-order valence-electron chi connectivity index (χ0n) is 17.3. The smallest absolute Gasteiger partial charge is 0.267 e. The number of amides is 1. The van der Waals surface area contributed by atoms with E-state index in [1.807, 2.05) is 74.6 Å². The molecule has 1 amide bonds. The first-order chi connectivity index (χ1) is 14.4. The maximum atomic E-state index is 13.3. The average molecular weight is 422 g/mol. The molecule has 0 saturated heterocycles. The standard InChI is InChI=1S/C22H23N5O2S/c1-13(2)23-19(28)15(4)30-22-25-24-21-26(16-11-9-14(3)10-12-16)20(29)17-7-5-6-8-18(17)27(21)22/h5-13,15H,1-4H3,(H,23,28). The highest BCUT2D eigenvalue weighted by Crippen LogP contribution is 2.26. The Kier molecular flexibility index (Phi) is 5.34. The minimum absolute atomic E-state index is 0.0586. The molecule has 2 heterocycles. The Morgan fingerprint density at radius 1 is 1.03 bits per heavy atom. The molecule has 154 valence electrons. The lowest BCUT2D eigenvalue weighted by molar-refractivity contribution is -0.120. The van der Waals surface area contributed by atoms with Crippen LogP contribution in [0.1, 0.15) is 26.3 Å². The fourth-order valence-corrected chi connectivity index (χ4v) is 4.16. The molecule has 0 spiro atoms. The first kappa shape index (κ1) is 20.2. The van der Waals surface area contributed by atoms with Gasteiger partial charge in [-0.2, -0.15) is 0 Å². The van der Waals surface area contributed by atoms with Gasteiger partial charge in [0.25, 0.3) is 5.56 Å². The van der Waals surface area contributed by atoms with Gasteiger partial charge in [-0.05, 0) is 52.0 Å². The SMILES string of the molecule is Cc1ccc(-n2c(=O)c3ccccc3n3c(SC(C)C(=O)NC(C)C)nnc23)cc1. The molecule has 7 nitrogen and oxygen atoms in total. The summed E-state index contributed by atoms with van der Waals surface area (Å²) in [7, 11) is 0. The number of benzene rings is 2. The zero-order valence-corrected chi connectivity index (χ0v) is 18.1. The molecule has 2 aromatic heterocycles. The second-order valence-electron chi connectivity index (χ2n) is 7.53. The molecular weight excluding hydrogens is 398 g/mol. The van der Waals surface area contributed by atoms with Crippen molar-refractivity contribution in [3.8, 4) is 5.69 Å². The Bertz CT molecular complexity index is 1290. The molecule has 0 fully saturated rings. The Morgan fingerprint density at radius 3 is 2.43 bits per heavy atom. The summed E-state index contributed by atoms with van der Waals surface area (Å²) in [6.45, 7) is 7.69. The number of fused-ring (bicyclic) bond motifs is 3. The summed E-state index contributed by atoms with van der Waals surface area (Å²) in [5.41, 5.74) is 2.38. The van der Waals surface area contributed by atoms with Crippen molar-refractivity contribution in [3.05, 3.63) is 64.4 Å². The van der Waals surface area contributed by atoms with Gasteiger partial charge in [-0.15, -0.1) is 10.2 Å². The third kappa shape index (κ3) is 3.59. The van der Waals surface area contributed by atoms with E-state index in [2.05, 4.69) is 15.5 Å². The van der Waals surface area contributed by atoms with E-state index in [-0.39, 0.29) is 22.8 Å². The summed E-state index contributed by atoms with van der Waals surface area (Å²) in [4.78, 5) is 25.7. The van der Waals surface area contributed by atoms with Crippen molar-refractivity contribution < 1.29 is 4.79 Å². The van der Waals surface area contributed by atoms with E-state index in [0.717, 1.165) is 11.3 Å². The molecule has 0 aliphatic heterocycles. The number of thioether (sulfide) groups is 1. The summed E-state index contributed by atoms with van der Waals surface area (Å²) in [6.07, 6.45) is 0. The fourth-order valence-electron chi connectivity index (χ4n) is 3.30. The number of carbonyl (C=O) groups is 1. The number of hydrogen-bond acceptors (Lipinski definition) is 5. The quantitative estimate of drug-likeness (QED) is 0.500. The van der Waals surface area contributed by atoms with Gasteiger partial charge in [0.05, 0.1) is 21.8 Å². The molecule has 4 rings (SSSR count). The summed E-state index contributed by atoms with van der Waals surface area (Å²) in [5, 5.41) is 12.3. The predicted molar refractivity (Wildman–Crippen MR) is 119 cm³/mol. The molecule has 1 unspecified atom stereocenters. The highest BCUT2D eigenvalue weighted by molar-refractivity contribution is 8.00. The molecule has 0 aliphatic carbocycles. The van der Waals surface area contributed by atoms with E-state index in [1.54, 1.807) is 10.6 Å². The Morgan fingerprint density at radius 2 is 1.73 bits per heavy atom. The topological polar surface area (TPSA) is 81.3 Å². The molecule has 8 heteroatoms. The number of carbonyl (C=O) groups excluding carboxylic acids is 1. The van der Waals surface area contributed by atoms with E-state index in [1.165, 1.54) is 11.8 Å². The number of rotatable bonds is 5. The summed E-state index contributed by atoms with van der Waals surface area (Å²) in [6, 6.07) is 15.1. The number of nitrogens with zero attached hydrogens (tertiary/aromatic N) is 4. The first-order valence-electron chi connectivity index (χ1n) is 9.80. The van der Waals surface area contributed by atoms with Crippen LogP contribution in [0.2, 0.25) is 0 Å². The second-order valence-corrected chi connectivity index (χ2v) is 8.84. The molecule has 0 radical (unpaired) electrons. The Balaban J connectivity index is 1.92. The van der Waals surface area contributed by atoms with Crippen molar-refractivity contribution in [2.75, 3.05) is 0 Å². The van der Waals surface area contributed by atoms with Crippen LogP contribution in [0.4, 0.5) is 0 Å². The minimum atomic E-state index is -0.363. The molecule has 30 heavy (non-hydrogen) atoms. The van der Waals surface area contributed by atoms with Gasteiger partial charge in [-0.1, -0.05) is 41.6 Å². The maximum Gasteiger partial charge on any atom is 0.267 e. The number of para-hydroxylation sites is 1. The van der Waals surface area contributed by atoms with Crippen LogP contribution in [0.15, 0.2) is 58.5 Å². The summed E-state index contributed by atoms with van der Waals surface area (Å²) < 4.78 is 3.41. The number of hydrogen-bond donors (Lipinski definition) is 1. The number of aryl methyl sites for hydroxylation is 1. The van der Waals surface area contributed by atoms with E-state index in [4.69, 9.17) is 0 Å². The molecule has 0 aliphatic rings.